The van der Waals surface area contributed by atoms with Gasteiger partial charge in [0.25, 0.3) is 0 Å². The van der Waals surface area contributed by atoms with E-state index in [0.29, 0.717) is 0 Å². The molecule has 4 heavy (non-hydrogen) atoms. The summed E-state index contributed by atoms with van der Waals surface area (Å²) >= 11 is -1.54. The van der Waals surface area contributed by atoms with Crippen molar-refractivity contribution >= 4 is 15.6 Å². The van der Waals surface area contributed by atoms with Crippen LogP contribution in [0.25, 0.3) is 0 Å². The van der Waals surface area contributed by atoms with Crippen molar-refractivity contribution in [1.29, 1.82) is 0 Å². The molecule has 0 bridgehead atoms. The molecule has 3 nitrogen and oxygen atoms in total. The van der Waals surface area contributed by atoms with Crippen molar-refractivity contribution in [1.82, 2.24) is 4.44 Å². The maximum absolute atomic E-state index is 9.00. The molecule has 0 radical (unpaired) electrons. The van der Waals surface area contributed by atoms with E-state index in [4.69, 9.17) is 8.99 Å². The molecule has 0 aromatic heterocycles. The van der Waals surface area contributed by atoms with E-state index < -0.39 is 15.6 Å². The predicted octanol–water partition coefficient (Wildman–Crippen LogP) is -0.962. The van der Waals surface area contributed by atoms with Crippen LogP contribution in [0.3, 0.4) is 0 Å². The molecular weight excluding hydrogens is 119 g/mol. The van der Waals surface area contributed by atoms with E-state index in [-0.39, 0.29) is 0 Å². The minimum absolute atomic E-state index is 1.25. The Kier molecular flexibility index (Phi) is 3.18. The standard InChI is InChI=1S/GeHNO2/c3-1-2-4/h2H. The van der Waals surface area contributed by atoms with Gasteiger partial charge < -0.3 is 0 Å². The van der Waals surface area contributed by atoms with Crippen LogP contribution in [0.2, 0.25) is 0 Å². The fraction of sp³-hybridized carbons (Fsp3) is 0. The Morgan fingerprint density at radius 3 is 2.25 bits per heavy atom. The van der Waals surface area contributed by atoms with Crippen molar-refractivity contribution in [2.24, 2.45) is 0 Å². The summed E-state index contributed by atoms with van der Waals surface area (Å²) in [4.78, 5) is 0. The average molecular weight is 120 g/mol. The Morgan fingerprint density at radius 2 is 2.25 bits per heavy atom. The zero-order valence-electron chi connectivity index (χ0n) is 1.82. The zero-order chi connectivity index (χ0) is 3.41. The van der Waals surface area contributed by atoms with Crippen molar-refractivity contribution in [2.75, 3.05) is 0 Å². The van der Waals surface area contributed by atoms with Crippen molar-refractivity contribution in [3.63, 3.8) is 0 Å². The maximum atomic E-state index is 9.00. The Bertz CT molecular complexity index is 20.0. The van der Waals surface area contributed by atoms with Crippen LogP contribution >= 0.6 is 0 Å². The van der Waals surface area contributed by atoms with Crippen LogP contribution in [-0.2, 0) is 3.78 Å². The Hall–Kier alpha value is 0.103. The molecule has 0 amide bonds. The molecule has 4 heteroatoms. The van der Waals surface area contributed by atoms with Gasteiger partial charge in [-0.25, -0.2) is 0 Å². The van der Waals surface area contributed by atoms with Crippen LogP contribution in [0.1, 0.15) is 0 Å². The zero-order valence-corrected chi connectivity index (χ0v) is 3.91. The molecule has 0 aliphatic rings. The van der Waals surface area contributed by atoms with Gasteiger partial charge in [0.1, 0.15) is 0 Å². The van der Waals surface area contributed by atoms with E-state index in [1.165, 1.54) is 4.44 Å². The van der Waals surface area contributed by atoms with Gasteiger partial charge in [-0.2, -0.15) is 0 Å². The summed E-state index contributed by atoms with van der Waals surface area (Å²) in [6.07, 6.45) is 0. The molecule has 1 N–H and O–H groups in total. The second kappa shape index (κ2) is 3.10. The van der Waals surface area contributed by atoms with Gasteiger partial charge in [-0.3, -0.25) is 0 Å². The van der Waals surface area contributed by atoms with Crippen LogP contribution in [0, 0.1) is 5.21 Å². The van der Waals surface area contributed by atoms with Crippen LogP contribution < -0.4 is 4.44 Å². The molecule has 0 aliphatic heterocycles. The van der Waals surface area contributed by atoms with Crippen molar-refractivity contribution in [3.05, 3.63) is 5.21 Å². The number of nitrogens with one attached hydrogen (secondary N) is 1. The first-order valence-corrected chi connectivity index (χ1v) is 2.56. The second-order valence-corrected chi connectivity index (χ2v) is 1.06. The Balaban J connectivity index is 2.30. The SMILES string of the molecule is [O]=[Ge+][NH][O-]. The summed E-state index contributed by atoms with van der Waals surface area (Å²) in [7, 11) is 0. The molecular formula is HGeNO2. The van der Waals surface area contributed by atoms with Gasteiger partial charge in [0.05, 0.1) is 0 Å². The molecule has 0 aromatic carbocycles. The van der Waals surface area contributed by atoms with E-state index in [0.717, 1.165) is 0 Å². The molecule has 0 aliphatic carbocycles. The van der Waals surface area contributed by atoms with Crippen molar-refractivity contribution in [2.45, 2.75) is 0 Å². The number of hydrogen-bond donors (Lipinski definition) is 1. The molecule has 0 atom stereocenters. The van der Waals surface area contributed by atoms with Gasteiger partial charge in [0.15, 0.2) is 0 Å². The first kappa shape index (κ1) is 4.10. The third-order valence-electron chi connectivity index (χ3n) is 0.0417. The van der Waals surface area contributed by atoms with Crippen LogP contribution in [0.15, 0.2) is 0 Å². The normalized spacial score (nSPS) is 4.25. The molecule has 0 saturated carbocycles. The van der Waals surface area contributed by atoms with E-state index >= 15 is 0 Å². The van der Waals surface area contributed by atoms with Crippen molar-refractivity contribution < 1.29 is 3.78 Å². The summed E-state index contributed by atoms with van der Waals surface area (Å²) in [5, 5.41) is 8.79. The summed E-state index contributed by atoms with van der Waals surface area (Å²) in [5.41, 5.74) is 0. The molecule has 0 saturated heterocycles. The predicted molar refractivity (Wildman–Crippen MR) is 12.9 cm³/mol. The van der Waals surface area contributed by atoms with Crippen LogP contribution in [-0.4, -0.2) is 15.6 Å². The fourth-order valence-corrected chi connectivity index (χ4v) is 0. The summed E-state index contributed by atoms with van der Waals surface area (Å²) < 4.78 is 10.2. The topological polar surface area (TPSA) is 52.2 Å². The molecule has 0 aromatic rings. The third-order valence-corrected chi connectivity index (χ3v) is 0.217. The van der Waals surface area contributed by atoms with Gasteiger partial charge in [0.2, 0.25) is 0 Å². The van der Waals surface area contributed by atoms with Crippen LogP contribution in [0.4, 0.5) is 0 Å². The molecule has 0 rings (SSSR count). The summed E-state index contributed by atoms with van der Waals surface area (Å²) in [6, 6.07) is 0. The molecule has 0 fully saturated rings. The Morgan fingerprint density at radius 1 is 2.00 bits per heavy atom. The second-order valence-electron chi connectivity index (χ2n) is 0.204. The molecule has 22 valence electrons. The minimum atomic E-state index is -1.54. The molecule has 0 spiro atoms. The summed E-state index contributed by atoms with van der Waals surface area (Å²) in [6.45, 7) is 0. The van der Waals surface area contributed by atoms with Gasteiger partial charge in [-0.1, -0.05) is 0 Å². The fourth-order valence-electron chi connectivity index (χ4n) is 0. The van der Waals surface area contributed by atoms with Gasteiger partial charge >= 0.3 is 29.0 Å². The van der Waals surface area contributed by atoms with Gasteiger partial charge in [-0.05, 0) is 0 Å². The first-order valence-electron chi connectivity index (χ1n) is 0.658. The van der Waals surface area contributed by atoms with Gasteiger partial charge in [-0.15, -0.1) is 0 Å². The summed E-state index contributed by atoms with van der Waals surface area (Å²) in [5.74, 6) is 0. The van der Waals surface area contributed by atoms with E-state index in [1.54, 1.807) is 0 Å². The van der Waals surface area contributed by atoms with Gasteiger partial charge in [0, 0.05) is 0 Å². The quantitative estimate of drug-likeness (QED) is 0.357. The van der Waals surface area contributed by atoms with Crippen molar-refractivity contribution in [3.8, 4) is 0 Å². The molecule has 0 heterocycles. The number of rotatable bonds is 1. The molecule has 0 unspecified atom stereocenters. The number of hydrogen-bond acceptors (Lipinski definition) is 2. The average Bonchev–Trinajstić information content (AvgIpc) is 1.37. The van der Waals surface area contributed by atoms with E-state index in [9.17, 15) is 0 Å². The first-order chi connectivity index (χ1) is 1.91. The van der Waals surface area contributed by atoms with Crippen LogP contribution in [0.5, 0.6) is 0 Å². The van der Waals surface area contributed by atoms with E-state index in [2.05, 4.69) is 0 Å². The third kappa shape index (κ3) is 2.10. The Labute approximate surface area is 29.9 Å². The monoisotopic (exact) mass is 121 g/mol. The van der Waals surface area contributed by atoms with E-state index in [1.807, 2.05) is 0 Å².